The van der Waals surface area contributed by atoms with Crippen LogP contribution in [-0.2, 0) is 4.79 Å². The summed E-state index contributed by atoms with van der Waals surface area (Å²) in [5.41, 5.74) is 1.53. The van der Waals surface area contributed by atoms with Crippen LogP contribution in [0.1, 0.15) is 46.7 Å². The van der Waals surface area contributed by atoms with Gasteiger partial charge in [-0.25, -0.2) is 0 Å². The highest BCUT2D eigenvalue weighted by atomic mass is 16.5. The van der Waals surface area contributed by atoms with Crippen molar-refractivity contribution in [3.05, 3.63) is 77.4 Å². The van der Waals surface area contributed by atoms with E-state index in [4.69, 9.17) is 4.74 Å². The zero-order valence-electron chi connectivity index (χ0n) is 17.3. The number of carbonyl (C=O) groups is 2. The third kappa shape index (κ3) is 5.48. The average molecular weight is 422 g/mol. The number of ether oxygens (including phenoxy) is 1. The maximum absolute atomic E-state index is 13.2. The van der Waals surface area contributed by atoms with E-state index in [9.17, 15) is 24.9 Å². The molecule has 6 nitrogen and oxygen atoms in total. The van der Waals surface area contributed by atoms with E-state index in [0.29, 0.717) is 17.7 Å². The molecule has 6 heteroatoms. The SMILES string of the molecule is COc1cc(O)c2c(c1)/C=C/CC(O)C(O)C(=O)/C=C/CC(c1ccccc1)CC2=O. The molecular weight excluding hydrogens is 396 g/mol. The Kier molecular flexibility index (Phi) is 7.39. The number of phenols is 1. The van der Waals surface area contributed by atoms with Crippen LogP contribution in [0.4, 0.5) is 0 Å². The quantitative estimate of drug-likeness (QED) is 0.685. The van der Waals surface area contributed by atoms with Gasteiger partial charge in [-0.3, -0.25) is 9.59 Å². The van der Waals surface area contributed by atoms with Gasteiger partial charge in [-0.2, -0.15) is 0 Å². The van der Waals surface area contributed by atoms with E-state index >= 15 is 0 Å². The molecule has 0 aromatic heterocycles. The van der Waals surface area contributed by atoms with E-state index in [1.165, 1.54) is 19.3 Å². The molecule has 3 N–H and O–H groups in total. The van der Waals surface area contributed by atoms with Crippen molar-refractivity contribution in [3.63, 3.8) is 0 Å². The van der Waals surface area contributed by atoms with E-state index in [-0.39, 0.29) is 35.9 Å². The maximum atomic E-state index is 13.2. The molecule has 3 rings (SSSR count). The van der Waals surface area contributed by atoms with Gasteiger partial charge in [-0.05, 0) is 42.0 Å². The molecule has 3 atom stereocenters. The van der Waals surface area contributed by atoms with Gasteiger partial charge in [-0.15, -0.1) is 0 Å². The van der Waals surface area contributed by atoms with Crippen molar-refractivity contribution in [2.75, 3.05) is 7.11 Å². The summed E-state index contributed by atoms with van der Waals surface area (Å²) in [5.74, 6) is -0.870. The summed E-state index contributed by atoms with van der Waals surface area (Å²) in [6, 6.07) is 12.5. The first kappa shape index (κ1) is 22.5. The van der Waals surface area contributed by atoms with E-state index < -0.39 is 18.0 Å². The summed E-state index contributed by atoms with van der Waals surface area (Å²) in [6.07, 6.45) is 3.66. The molecule has 0 bridgehead atoms. The Hall–Kier alpha value is -3.22. The summed E-state index contributed by atoms with van der Waals surface area (Å²) >= 11 is 0. The van der Waals surface area contributed by atoms with Crippen LogP contribution in [0.5, 0.6) is 11.5 Å². The first-order chi connectivity index (χ1) is 14.9. The van der Waals surface area contributed by atoms with Crippen molar-refractivity contribution in [1.82, 2.24) is 0 Å². The molecule has 0 saturated carbocycles. The van der Waals surface area contributed by atoms with E-state index in [2.05, 4.69) is 0 Å². The predicted molar refractivity (Wildman–Crippen MR) is 117 cm³/mol. The summed E-state index contributed by atoms with van der Waals surface area (Å²) < 4.78 is 5.20. The molecule has 0 fully saturated rings. The highest BCUT2D eigenvalue weighted by Crippen LogP contribution is 2.33. The zero-order chi connectivity index (χ0) is 22.4. The van der Waals surface area contributed by atoms with Gasteiger partial charge in [0.05, 0.1) is 18.8 Å². The number of rotatable bonds is 2. The number of aliphatic hydroxyl groups is 2. The van der Waals surface area contributed by atoms with Gasteiger partial charge in [0, 0.05) is 12.5 Å². The van der Waals surface area contributed by atoms with Gasteiger partial charge in [0.2, 0.25) is 0 Å². The van der Waals surface area contributed by atoms with Crippen molar-refractivity contribution in [3.8, 4) is 11.5 Å². The lowest BCUT2D eigenvalue weighted by Gasteiger charge is -2.18. The molecule has 1 aliphatic carbocycles. The highest BCUT2D eigenvalue weighted by molar-refractivity contribution is 6.02. The minimum absolute atomic E-state index is 0.00100. The molecular formula is C25H26O6. The Bertz CT molecular complexity index is 993. The third-order valence-electron chi connectivity index (χ3n) is 5.37. The predicted octanol–water partition coefficient (Wildman–Crippen LogP) is 3.41. The van der Waals surface area contributed by atoms with Crippen LogP contribution >= 0.6 is 0 Å². The molecule has 0 amide bonds. The van der Waals surface area contributed by atoms with Crippen LogP contribution in [0.3, 0.4) is 0 Å². The molecule has 0 spiro atoms. The van der Waals surface area contributed by atoms with Crippen LogP contribution in [-0.4, -0.2) is 46.2 Å². The maximum Gasteiger partial charge on any atom is 0.186 e. The minimum Gasteiger partial charge on any atom is -0.507 e. The lowest BCUT2D eigenvalue weighted by molar-refractivity contribution is -0.127. The van der Waals surface area contributed by atoms with Gasteiger partial charge in [0.25, 0.3) is 0 Å². The standard InChI is InChI=1S/C25H26O6/c1-31-19-13-18-10-6-12-21(27)25(30)20(26)11-5-9-17(16-7-3-2-4-8-16)14-22(28)24(18)23(29)15-19/h2-8,10-11,13,15,17,21,25,27,29-30H,9,12,14H2,1H3/b10-6+,11-5+. The topological polar surface area (TPSA) is 104 Å². The van der Waals surface area contributed by atoms with E-state index in [1.54, 1.807) is 24.3 Å². The summed E-state index contributed by atoms with van der Waals surface area (Å²) in [4.78, 5) is 25.4. The van der Waals surface area contributed by atoms with Gasteiger partial charge in [0.1, 0.15) is 17.6 Å². The lowest BCUT2D eigenvalue weighted by atomic mass is 9.87. The van der Waals surface area contributed by atoms with Gasteiger partial charge >= 0.3 is 0 Å². The zero-order valence-corrected chi connectivity index (χ0v) is 17.3. The highest BCUT2D eigenvalue weighted by Gasteiger charge is 2.24. The number of allylic oxidation sites excluding steroid dienone is 1. The molecule has 0 aliphatic heterocycles. The second-order valence-electron chi connectivity index (χ2n) is 7.54. The molecule has 2 aromatic rings. The fraction of sp³-hybridized carbons (Fsp3) is 0.280. The number of hydrogen-bond acceptors (Lipinski definition) is 6. The lowest BCUT2D eigenvalue weighted by Crippen LogP contribution is -2.32. The number of benzene rings is 2. The van der Waals surface area contributed by atoms with E-state index in [1.807, 2.05) is 30.3 Å². The smallest absolute Gasteiger partial charge is 0.186 e. The second kappa shape index (κ2) is 10.2. The summed E-state index contributed by atoms with van der Waals surface area (Å²) in [6.45, 7) is 0. The molecule has 0 heterocycles. The molecule has 0 saturated heterocycles. The normalized spacial score (nSPS) is 24.7. The summed E-state index contributed by atoms with van der Waals surface area (Å²) in [7, 11) is 1.46. The van der Waals surface area contributed by atoms with Crippen LogP contribution < -0.4 is 4.74 Å². The largest absolute Gasteiger partial charge is 0.507 e. The molecule has 3 unspecified atom stereocenters. The van der Waals surface area contributed by atoms with Crippen LogP contribution in [0, 0.1) is 0 Å². The number of carbonyl (C=O) groups excluding carboxylic acids is 2. The average Bonchev–Trinajstić information content (AvgIpc) is 2.77. The Balaban J connectivity index is 2.07. The third-order valence-corrected chi connectivity index (χ3v) is 5.37. The first-order valence-electron chi connectivity index (χ1n) is 10.1. The fourth-order valence-corrected chi connectivity index (χ4v) is 3.66. The van der Waals surface area contributed by atoms with Gasteiger partial charge in [0.15, 0.2) is 11.6 Å². The van der Waals surface area contributed by atoms with Crippen molar-refractivity contribution in [2.45, 2.75) is 37.4 Å². The molecule has 0 radical (unpaired) electrons. The van der Waals surface area contributed by atoms with Gasteiger partial charge in [-0.1, -0.05) is 48.6 Å². The van der Waals surface area contributed by atoms with Crippen molar-refractivity contribution in [1.29, 1.82) is 0 Å². The fourth-order valence-electron chi connectivity index (χ4n) is 3.66. The number of hydrogen-bond donors (Lipinski definition) is 3. The Labute approximate surface area is 181 Å². The number of phenolic OH excluding ortho intramolecular Hbond substituents is 1. The minimum atomic E-state index is -1.54. The van der Waals surface area contributed by atoms with Crippen molar-refractivity contribution in [2.24, 2.45) is 0 Å². The number of ketones is 2. The van der Waals surface area contributed by atoms with Crippen LogP contribution in [0.15, 0.2) is 60.7 Å². The van der Waals surface area contributed by atoms with Crippen LogP contribution in [0.25, 0.3) is 6.08 Å². The second-order valence-corrected chi connectivity index (χ2v) is 7.54. The summed E-state index contributed by atoms with van der Waals surface area (Å²) in [5, 5.41) is 30.8. The van der Waals surface area contributed by atoms with Gasteiger partial charge < -0.3 is 20.1 Å². The molecule has 1 aliphatic rings. The number of aliphatic hydroxyl groups excluding tert-OH is 2. The molecule has 2 aromatic carbocycles. The number of aromatic hydroxyl groups is 1. The molecule has 31 heavy (non-hydrogen) atoms. The Morgan fingerprint density at radius 3 is 2.39 bits per heavy atom. The van der Waals surface area contributed by atoms with Crippen LogP contribution in [0.2, 0.25) is 0 Å². The number of fused-ring (bicyclic) bond motifs is 1. The van der Waals surface area contributed by atoms with E-state index in [0.717, 1.165) is 5.56 Å². The Morgan fingerprint density at radius 2 is 1.68 bits per heavy atom. The first-order valence-corrected chi connectivity index (χ1v) is 10.1. The van der Waals surface area contributed by atoms with Crippen molar-refractivity contribution < 1.29 is 29.6 Å². The molecule has 162 valence electrons. The number of methoxy groups -OCH3 is 1. The van der Waals surface area contributed by atoms with Crippen molar-refractivity contribution >= 4 is 17.6 Å². The monoisotopic (exact) mass is 422 g/mol. The number of Topliss-reactive ketones (excluding diaryl/α,β-unsaturated/α-hetero) is 1. The Morgan fingerprint density at radius 1 is 0.968 bits per heavy atom.